The van der Waals surface area contributed by atoms with Gasteiger partial charge in [-0.15, -0.1) is 11.8 Å². The number of thioether (sulfide) groups is 1. The average molecular weight is 518 g/mol. The molecule has 8 nitrogen and oxygen atoms in total. The first kappa shape index (κ1) is 25.5. The Morgan fingerprint density at radius 3 is 2.46 bits per heavy atom. The second kappa shape index (κ2) is 10.6. The largest absolute Gasteiger partial charge is 0.497 e. The normalized spacial score (nSPS) is 19.7. The summed E-state index contributed by atoms with van der Waals surface area (Å²) in [6.07, 6.45) is 1.91. The van der Waals surface area contributed by atoms with Gasteiger partial charge < -0.3 is 15.0 Å². The Morgan fingerprint density at radius 1 is 1.11 bits per heavy atom. The highest BCUT2D eigenvalue weighted by atomic mass is 32.2. The topological polar surface area (TPSA) is 96.0 Å². The molecule has 0 saturated carbocycles. The van der Waals surface area contributed by atoms with Gasteiger partial charge in [0, 0.05) is 35.3 Å². The monoisotopic (exact) mass is 517 g/mol. The van der Waals surface area contributed by atoms with Gasteiger partial charge in [-0.05, 0) is 61.2 Å². The molecular weight excluding hydrogens is 486 g/mol. The Morgan fingerprint density at radius 2 is 1.80 bits per heavy atom. The number of piperidine rings is 1. The van der Waals surface area contributed by atoms with Crippen LogP contribution in [0.1, 0.15) is 33.1 Å². The highest BCUT2D eigenvalue weighted by Crippen LogP contribution is 2.40. The number of nitrogens with one attached hydrogen (secondary N) is 1. The summed E-state index contributed by atoms with van der Waals surface area (Å²) in [5.41, 5.74) is 1.04. The molecule has 1 saturated heterocycles. The molecule has 1 atom stereocenters. The third-order valence-corrected chi connectivity index (χ3v) is 9.43. The second-order valence-corrected chi connectivity index (χ2v) is 12.5. The van der Waals surface area contributed by atoms with Crippen molar-refractivity contribution in [2.24, 2.45) is 5.92 Å². The van der Waals surface area contributed by atoms with Crippen LogP contribution in [-0.2, 0) is 19.6 Å². The Hall–Kier alpha value is -2.56. The summed E-state index contributed by atoms with van der Waals surface area (Å²) >= 11 is 1.51. The third-order valence-electron chi connectivity index (χ3n) is 6.37. The lowest BCUT2D eigenvalue weighted by molar-refractivity contribution is -0.121. The fourth-order valence-electron chi connectivity index (χ4n) is 4.28. The number of benzene rings is 2. The number of methoxy groups -OCH3 is 1. The quantitative estimate of drug-likeness (QED) is 0.623. The maximum absolute atomic E-state index is 13.4. The zero-order valence-electron chi connectivity index (χ0n) is 20.2. The lowest BCUT2D eigenvalue weighted by Crippen LogP contribution is -2.39. The van der Waals surface area contributed by atoms with Crippen LogP contribution < -0.4 is 15.0 Å². The Bertz CT molecular complexity index is 1190. The number of carbonyl (C=O) groups is 2. The summed E-state index contributed by atoms with van der Waals surface area (Å²) in [7, 11) is -2.13. The first-order chi connectivity index (χ1) is 16.7. The maximum atomic E-state index is 13.4. The van der Waals surface area contributed by atoms with Gasteiger partial charge in [0.05, 0.1) is 17.7 Å². The van der Waals surface area contributed by atoms with Gasteiger partial charge in [0.25, 0.3) is 0 Å². The molecule has 2 aromatic carbocycles. The van der Waals surface area contributed by atoms with Crippen LogP contribution in [0.3, 0.4) is 0 Å². The Balaban J connectivity index is 1.61. The summed E-state index contributed by atoms with van der Waals surface area (Å²) in [6, 6.07) is 11.8. The number of sulfonamides is 1. The zero-order chi connectivity index (χ0) is 25.2. The molecule has 2 aliphatic rings. The molecule has 0 radical (unpaired) electrons. The van der Waals surface area contributed by atoms with E-state index in [1.165, 1.54) is 21.0 Å². The molecule has 2 amide bonds. The summed E-state index contributed by atoms with van der Waals surface area (Å²) in [6.45, 7) is 4.84. The van der Waals surface area contributed by atoms with E-state index in [0.717, 1.165) is 17.7 Å². The van der Waals surface area contributed by atoms with Crippen LogP contribution in [0.5, 0.6) is 5.75 Å². The standard InChI is InChI=1S/C25H31N3O5S2/c1-17-10-12-27(13-11-17)35(31,32)21-8-9-23-22(15-21)28(25(30)14-18(2)34-23)16-24(29)26-19-4-6-20(33-3)7-5-19/h4-9,15,17-18H,10-14,16H2,1-3H3,(H,26,29)/t18-/m1/s1. The van der Waals surface area contributed by atoms with E-state index in [2.05, 4.69) is 12.2 Å². The first-order valence-corrected chi connectivity index (χ1v) is 14.0. The Kier molecular flexibility index (Phi) is 7.73. The predicted molar refractivity (Wildman–Crippen MR) is 138 cm³/mol. The zero-order valence-corrected chi connectivity index (χ0v) is 21.8. The summed E-state index contributed by atoms with van der Waals surface area (Å²) in [5.74, 6) is 0.591. The van der Waals surface area contributed by atoms with E-state index >= 15 is 0 Å². The van der Waals surface area contributed by atoms with Crippen molar-refractivity contribution < 1.29 is 22.7 Å². The predicted octanol–water partition coefficient (Wildman–Crippen LogP) is 3.97. The van der Waals surface area contributed by atoms with E-state index in [-0.39, 0.29) is 34.9 Å². The van der Waals surface area contributed by atoms with E-state index in [9.17, 15) is 18.0 Å². The van der Waals surface area contributed by atoms with E-state index in [0.29, 0.717) is 36.1 Å². The van der Waals surface area contributed by atoms with Gasteiger partial charge in [0.2, 0.25) is 21.8 Å². The van der Waals surface area contributed by atoms with Crippen LogP contribution in [0.2, 0.25) is 0 Å². The van der Waals surface area contributed by atoms with Crippen molar-refractivity contribution in [3.8, 4) is 5.75 Å². The maximum Gasteiger partial charge on any atom is 0.244 e. The number of hydrogen-bond donors (Lipinski definition) is 1. The van der Waals surface area contributed by atoms with E-state index < -0.39 is 10.0 Å². The molecule has 2 aromatic rings. The van der Waals surface area contributed by atoms with Crippen molar-refractivity contribution in [3.05, 3.63) is 42.5 Å². The molecule has 1 N–H and O–H groups in total. The Labute approximate surface area is 211 Å². The average Bonchev–Trinajstić information content (AvgIpc) is 2.94. The molecule has 2 heterocycles. The lowest BCUT2D eigenvalue weighted by atomic mass is 10.0. The molecule has 188 valence electrons. The van der Waals surface area contributed by atoms with Crippen LogP contribution in [0.25, 0.3) is 0 Å². The van der Waals surface area contributed by atoms with Crippen LogP contribution in [0, 0.1) is 5.92 Å². The molecule has 0 bridgehead atoms. The van der Waals surface area contributed by atoms with Crippen LogP contribution >= 0.6 is 11.8 Å². The van der Waals surface area contributed by atoms with Gasteiger partial charge >= 0.3 is 0 Å². The molecule has 1 fully saturated rings. The van der Waals surface area contributed by atoms with E-state index in [1.807, 2.05) is 6.92 Å². The molecule has 35 heavy (non-hydrogen) atoms. The number of amides is 2. The summed E-state index contributed by atoms with van der Waals surface area (Å²) < 4.78 is 33.4. The summed E-state index contributed by atoms with van der Waals surface area (Å²) in [4.78, 5) is 28.3. The minimum atomic E-state index is -3.70. The van der Waals surface area contributed by atoms with Crippen LogP contribution in [-0.4, -0.2) is 56.5 Å². The minimum Gasteiger partial charge on any atom is -0.497 e. The molecule has 0 unspecified atom stereocenters. The molecular formula is C25H31N3O5S2. The van der Waals surface area contributed by atoms with Crippen molar-refractivity contribution in [2.45, 2.75) is 48.2 Å². The van der Waals surface area contributed by atoms with Gasteiger partial charge in [0.1, 0.15) is 12.3 Å². The number of hydrogen-bond acceptors (Lipinski definition) is 6. The molecule has 0 aromatic heterocycles. The number of fused-ring (bicyclic) bond motifs is 1. The SMILES string of the molecule is COc1ccc(NC(=O)CN2C(=O)C[C@@H](C)Sc3ccc(S(=O)(=O)N4CCC(C)CC4)cc32)cc1. The highest BCUT2D eigenvalue weighted by molar-refractivity contribution is 8.00. The van der Waals surface area contributed by atoms with E-state index in [1.54, 1.807) is 49.6 Å². The molecule has 0 spiro atoms. The van der Waals surface area contributed by atoms with Gasteiger partial charge in [-0.25, -0.2) is 8.42 Å². The van der Waals surface area contributed by atoms with Crippen LogP contribution in [0.15, 0.2) is 52.3 Å². The lowest BCUT2D eigenvalue weighted by Gasteiger charge is -2.30. The fourth-order valence-corrected chi connectivity index (χ4v) is 6.87. The van der Waals surface area contributed by atoms with Gasteiger partial charge in [-0.2, -0.15) is 4.31 Å². The second-order valence-electron chi connectivity index (χ2n) is 9.11. The number of anilines is 2. The molecule has 0 aliphatic carbocycles. The van der Waals surface area contributed by atoms with Crippen molar-refractivity contribution in [2.75, 3.05) is 37.0 Å². The van der Waals surface area contributed by atoms with Crippen LogP contribution in [0.4, 0.5) is 11.4 Å². The van der Waals surface area contributed by atoms with Crippen molar-refractivity contribution >= 4 is 45.0 Å². The van der Waals surface area contributed by atoms with E-state index in [4.69, 9.17) is 4.74 Å². The van der Waals surface area contributed by atoms with Gasteiger partial charge in [-0.1, -0.05) is 13.8 Å². The van der Waals surface area contributed by atoms with Gasteiger partial charge in [-0.3, -0.25) is 9.59 Å². The van der Waals surface area contributed by atoms with Gasteiger partial charge in [0.15, 0.2) is 0 Å². The highest BCUT2D eigenvalue weighted by Gasteiger charge is 2.32. The molecule has 10 heteroatoms. The third kappa shape index (κ3) is 5.82. The number of ether oxygens (including phenoxy) is 1. The smallest absolute Gasteiger partial charge is 0.244 e. The van der Waals surface area contributed by atoms with Crippen molar-refractivity contribution in [3.63, 3.8) is 0 Å². The minimum absolute atomic E-state index is 0.00180. The number of rotatable bonds is 6. The fraction of sp³-hybridized carbons (Fsp3) is 0.440. The van der Waals surface area contributed by atoms with Crippen molar-refractivity contribution in [1.82, 2.24) is 4.31 Å². The number of carbonyl (C=O) groups excluding carboxylic acids is 2. The first-order valence-electron chi connectivity index (χ1n) is 11.7. The molecule has 4 rings (SSSR count). The van der Waals surface area contributed by atoms with Crippen molar-refractivity contribution in [1.29, 1.82) is 0 Å². The summed E-state index contributed by atoms with van der Waals surface area (Å²) in [5, 5.41) is 2.80. The number of nitrogens with zero attached hydrogens (tertiary/aromatic N) is 2. The molecule has 2 aliphatic heterocycles.